The summed E-state index contributed by atoms with van der Waals surface area (Å²) in [5.74, 6) is 1.71. The number of nitrogens with zero attached hydrogens (tertiary/aromatic N) is 2. The van der Waals surface area contributed by atoms with Crippen molar-refractivity contribution in [2.75, 3.05) is 39.4 Å². The zero-order chi connectivity index (χ0) is 21.2. The Morgan fingerprint density at radius 3 is 2.52 bits per heavy atom. The van der Waals surface area contributed by atoms with Crippen molar-refractivity contribution >= 4 is 29.9 Å². The molecule has 2 unspecified atom stereocenters. The average molecular weight is 545 g/mol. The summed E-state index contributed by atoms with van der Waals surface area (Å²) in [5, 5.41) is 6.79. The van der Waals surface area contributed by atoms with Gasteiger partial charge in [0.05, 0.1) is 18.8 Å². The first-order valence-electron chi connectivity index (χ1n) is 11.7. The molecule has 1 aliphatic carbocycles. The fourth-order valence-corrected chi connectivity index (χ4v) is 3.94. The zero-order valence-corrected chi connectivity index (χ0v) is 21.8. The normalized spacial score (nSPS) is 22.1. The van der Waals surface area contributed by atoms with Gasteiger partial charge in [0, 0.05) is 45.9 Å². The fourth-order valence-electron chi connectivity index (χ4n) is 3.94. The lowest BCUT2D eigenvalue weighted by Crippen LogP contribution is -2.44. The van der Waals surface area contributed by atoms with Crippen molar-refractivity contribution in [3.05, 3.63) is 35.4 Å². The number of aliphatic imine (C=N–C) groups is 1. The van der Waals surface area contributed by atoms with Gasteiger partial charge in [0.25, 0.3) is 0 Å². The second-order valence-corrected chi connectivity index (χ2v) is 8.71. The van der Waals surface area contributed by atoms with E-state index in [0.717, 1.165) is 64.2 Å². The van der Waals surface area contributed by atoms with E-state index in [-0.39, 0.29) is 36.2 Å². The van der Waals surface area contributed by atoms with E-state index in [1.807, 2.05) is 0 Å². The van der Waals surface area contributed by atoms with E-state index in [1.165, 1.54) is 24.0 Å². The average Bonchev–Trinajstić information content (AvgIpc) is 3.53. The van der Waals surface area contributed by atoms with E-state index in [9.17, 15) is 0 Å². The van der Waals surface area contributed by atoms with Crippen LogP contribution in [0.25, 0.3) is 0 Å². The molecule has 176 valence electrons. The van der Waals surface area contributed by atoms with Crippen molar-refractivity contribution in [1.82, 2.24) is 15.5 Å². The maximum Gasteiger partial charge on any atom is 0.191 e. The highest BCUT2D eigenvalue weighted by Crippen LogP contribution is 2.28. The molecule has 0 bridgehead atoms. The number of ether oxygens (including phenoxy) is 2. The van der Waals surface area contributed by atoms with Crippen molar-refractivity contribution in [3.63, 3.8) is 0 Å². The molecule has 7 heteroatoms. The van der Waals surface area contributed by atoms with Crippen molar-refractivity contribution in [2.24, 2.45) is 10.9 Å². The number of guanidine groups is 1. The third-order valence-corrected chi connectivity index (χ3v) is 5.57. The molecule has 2 atom stereocenters. The fraction of sp³-hybridized carbons (Fsp3) is 0.708. The summed E-state index contributed by atoms with van der Waals surface area (Å²) >= 11 is 0. The van der Waals surface area contributed by atoms with E-state index in [0.29, 0.717) is 6.54 Å². The zero-order valence-electron chi connectivity index (χ0n) is 19.4. The van der Waals surface area contributed by atoms with Crippen LogP contribution in [0.1, 0.15) is 51.2 Å². The van der Waals surface area contributed by atoms with Crippen LogP contribution in [-0.2, 0) is 22.6 Å². The molecule has 31 heavy (non-hydrogen) atoms. The Labute approximate surface area is 205 Å². The van der Waals surface area contributed by atoms with Gasteiger partial charge >= 0.3 is 0 Å². The summed E-state index contributed by atoms with van der Waals surface area (Å²) in [7, 11) is 0. The minimum atomic E-state index is 0. The minimum Gasteiger partial charge on any atom is -0.381 e. The van der Waals surface area contributed by atoms with Crippen LogP contribution in [0.2, 0.25) is 0 Å². The quantitative estimate of drug-likeness (QED) is 0.192. The van der Waals surface area contributed by atoms with Gasteiger partial charge in [-0.15, -0.1) is 24.0 Å². The number of hydrogen-bond acceptors (Lipinski definition) is 4. The smallest absolute Gasteiger partial charge is 0.191 e. The Hall–Kier alpha value is -0.900. The van der Waals surface area contributed by atoms with Crippen molar-refractivity contribution in [1.29, 1.82) is 0 Å². The first-order chi connectivity index (χ1) is 14.6. The predicted molar refractivity (Wildman–Crippen MR) is 138 cm³/mol. The number of nitrogens with one attached hydrogen (secondary N) is 2. The molecule has 2 N–H and O–H groups in total. The topological polar surface area (TPSA) is 58.1 Å². The van der Waals surface area contributed by atoms with Gasteiger partial charge in [0.1, 0.15) is 0 Å². The van der Waals surface area contributed by atoms with Crippen molar-refractivity contribution < 1.29 is 9.47 Å². The minimum absolute atomic E-state index is 0. The molecule has 1 aromatic carbocycles. The third kappa shape index (κ3) is 10.1. The van der Waals surface area contributed by atoms with Gasteiger partial charge < -0.3 is 20.1 Å². The Morgan fingerprint density at radius 1 is 1.13 bits per heavy atom. The summed E-state index contributed by atoms with van der Waals surface area (Å²) in [4.78, 5) is 7.33. The van der Waals surface area contributed by atoms with Gasteiger partial charge in [-0.1, -0.05) is 24.3 Å². The lowest BCUT2D eigenvalue weighted by molar-refractivity contribution is -0.0705. The van der Waals surface area contributed by atoms with Crippen LogP contribution in [0.5, 0.6) is 0 Å². The SMILES string of the molecule is CCNC(=NCc1ccccc1CN1CC(C)OC(C)C1)NCCCOCC1CC1.I. The van der Waals surface area contributed by atoms with Crippen LogP contribution in [0.4, 0.5) is 0 Å². The van der Waals surface area contributed by atoms with Crippen molar-refractivity contribution in [2.45, 2.75) is 65.3 Å². The molecule has 0 amide bonds. The monoisotopic (exact) mass is 544 g/mol. The number of benzene rings is 1. The van der Waals surface area contributed by atoms with Crippen LogP contribution in [0.15, 0.2) is 29.3 Å². The van der Waals surface area contributed by atoms with Gasteiger partial charge in [-0.2, -0.15) is 0 Å². The number of halogens is 1. The highest BCUT2D eigenvalue weighted by Gasteiger charge is 2.22. The van der Waals surface area contributed by atoms with Crippen LogP contribution in [0.3, 0.4) is 0 Å². The van der Waals surface area contributed by atoms with Gasteiger partial charge in [0.15, 0.2) is 5.96 Å². The maximum absolute atomic E-state index is 5.88. The molecular weight excluding hydrogens is 503 g/mol. The number of rotatable bonds is 11. The molecule has 1 saturated heterocycles. The Morgan fingerprint density at radius 2 is 1.84 bits per heavy atom. The van der Waals surface area contributed by atoms with Crippen LogP contribution in [-0.4, -0.2) is 62.5 Å². The molecule has 0 radical (unpaired) electrons. The lowest BCUT2D eigenvalue weighted by Gasteiger charge is -2.35. The second-order valence-electron chi connectivity index (χ2n) is 8.71. The van der Waals surface area contributed by atoms with E-state index >= 15 is 0 Å². The second kappa shape index (κ2) is 14.3. The molecule has 3 rings (SSSR count). The molecule has 1 saturated carbocycles. The van der Waals surface area contributed by atoms with Gasteiger partial charge in [0.2, 0.25) is 0 Å². The highest BCUT2D eigenvalue weighted by atomic mass is 127. The largest absolute Gasteiger partial charge is 0.381 e. The first-order valence-corrected chi connectivity index (χ1v) is 11.7. The van der Waals surface area contributed by atoms with Gasteiger partial charge in [-0.3, -0.25) is 4.90 Å². The third-order valence-electron chi connectivity index (χ3n) is 5.57. The van der Waals surface area contributed by atoms with E-state index in [1.54, 1.807) is 0 Å². The molecular formula is C24H41IN4O2. The summed E-state index contributed by atoms with van der Waals surface area (Å²) < 4.78 is 11.6. The summed E-state index contributed by atoms with van der Waals surface area (Å²) in [5.41, 5.74) is 2.64. The Bertz CT molecular complexity index is 659. The molecule has 0 aromatic heterocycles. The van der Waals surface area contributed by atoms with Crippen molar-refractivity contribution in [3.8, 4) is 0 Å². The predicted octanol–water partition coefficient (Wildman–Crippen LogP) is 3.79. The first kappa shape index (κ1) is 26.4. The summed E-state index contributed by atoms with van der Waals surface area (Å²) in [6.07, 6.45) is 4.27. The Balaban J connectivity index is 0.00000341. The van der Waals surface area contributed by atoms with E-state index < -0.39 is 0 Å². The van der Waals surface area contributed by atoms with E-state index in [4.69, 9.17) is 14.5 Å². The summed E-state index contributed by atoms with van der Waals surface area (Å²) in [6.45, 7) is 13.5. The molecule has 1 heterocycles. The molecule has 2 fully saturated rings. The van der Waals surface area contributed by atoms with Gasteiger partial charge in [-0.25, -0.2) is 4.99 Å². The van der Waals surface area contributed by atoms with E-state index in [2.05, 4.69) is 60.6 Å². The van der Waals surface area contributed by atoms with Crippen LogP contribution < -0.4 is 10.6 Å². The highest BCUT2D eigenvalue weighted by molar-refractivity contribution is 14.0. The molecule has 1 aromatic rings. The molecule has 6 nitrogen and oxygen atoms in total. The molecule has 2 aliphatic rings. The number of hydrogen-bond donors (Lipinski definition) is 2. The van der Waals surface area contributed by atoms with Gasteiger partial charge in [-0.05, 0) is 57.1 Å². The maximum atomic E-state index is 5.88. The molecule has 0 spiro atoms. The standard InChI is InChI=1S/C24H40N4O2.HI/c1-4-25-24(26-12-7-13-29-18-21-10-11-21)27-14-22-8-5-6-9-23(22)17-28-15-19(2)30-20(3)16-28;/h5-6,8-9,19-21H,4,7,10-18H2,1-3H3,(H2,25,26,27);1H. The van der Waals surface area contributed by atoms with Crippen LogP contribution in [0, 0.1) is 5.92 Å². The number of morpholine rings is 1. The molecule has 1 aliphatic heterocycles. The Kier molecular flexibility index (Phi) is 12.1. The van der Waals surface area contributed by atoms with Crippen LogP contribution >= 0.6 is 24.0 Å². The summed E-state index contributed by atoms with van der Waals surface area (Å²) in [6, 6.07) is 8.66. The lowest BCUT2D eigenvalue weighted by atomic mass is 10.1.